The number of ketones is 2. The Morgan fingerprint density at radius 2 is 2.00 bits per heavy atom. The normalized spacial score (nSPS) is 44.0. The number of rotatable bonds is 4. The number of aromatic nitrogens is 1. The monoisotopic (exact) mass is 467 g/mol. The minimum absolute atomic E-state index is 0.00392. The van der Waals surface area contributed by atoms with Gasteiger partial charge in [-0.05, 0) is 67.7 Å². The molecule has 8 atom stereocenters. The van der Waals surface area contributed by atoms with Crippen molar-refractivity contribution in [2.24, 2.45) is 34.5 Å². The number of carbonyl (C=O) groups is 2. The fourth-order valence-corrected chi connectivity index (χ4v) is 8.78. The third-order valence-electron chi connectivity index (χ3n) is 9.52. The van der Waals surface area contributed by atoms with Crippen LogP contribution in [0.3, 0.4) is 0 Å². The molecule has 4 aliphatic carbocycles. The molecule has 1 aromatic heterocycles. The quantitative estimate of drug-likeness (QED) is 0.651. The number of allylic oxidation sites excluding steroid dienone is 4. The molecule has 6 unspecified atom stereocenters. The largest absolute Gasteiger partial charge is 0.393 e. The number of thioether (sulfide) groups is 1. The highest BCUT2D eigenvalue weighted by atomic mass is 32.2. The second kappa shape index (κ2) is 7.89. The highest BCUT2D eigenvalue weighted by Gasteiger charge is 2.70. The Kier molecular flexibility index (Phi) is 5.50. The fraction of sp³-hybridized carbons (Fsp3) is 0.593. The molecule has 1 aromatic rings. The number of hydrogen-bond donors (Lipinski definition) is 2. The first kappa shape index (κ1) is 23.0. The van der Waals surface area contributed by atoms with Crippen LogP contribution in [0.15, 0.2) is 53.2 Å². The minimum atomic E-state index is -1.46. The molecule has 0 aromatic carbocycles. The van der Waals surface area contributed by atoms with E-state index < -0.39 is 17.1 Å². The van der Waals surface area contributed by atoms with Crippen LogP contribution < -0.4 is 0 Å². The highest BCUT2D eigenvalue weighted by molar-refractivity contribution is 8.00. The molecule has 2 N–H and O–H groups in total. The first-order valence-electron chi connectivity index (χ1n) is 12.0. The average molecular weight is 468 g/mol. The van der Waals surface area contributed by atoms with E-state index in [9.17, 15) is 19.8 Å². The molecule has 6 heteroatoms. The molecule has 0 amide bonds. The molecule has 33 heavy (non-hydrogen) atoms. The maximum Gasteiger partial charge on any atom is 0.178 e. The van der Waals surface area contributed by atoms with Crippen LogP contribution in [-0.2, 0) is 9.59 Å². The maximum atomic E-state index is 13.6. The van der Waals surface area contributed by atoms with Gasteiger partial charge in [-0.1, -0.05) is 32.4 Å². The van der Waals surface area contributed by atoms with Crippen molar-refractivity contribution in [1.82, 2.24) is 4.98 Å². The molecule has 0 bridgehead atoms. The Morgan fingerprint density at radius 1 is 1.27 bits per heavy atom. The van der Waals surface area contributed by atoms with Gasteiger partial charge >= 0.3 is 0 Å². The molecule has 4 aliphatic rings. The molecule has 5 rings (SSSR count). The molecule has 5 nitrogen and oxygen atoms in total. The molecule has 0 aliphatic heterocycles. The summed E-state index contributed by atoms with van der Waals surface area (Å²) >= 11 is 1.43. The van der Waals surface area contributed by atoms with Crippen LogP contribution in [0.5, 0.6) is 0 Å². The zero-order valence-corrected chi connectivity index (χ0v) is 20.3. The lowest BCUT2D eigenvalue weighted by molar-refractivity contribution is -0.179. The number of fused-ring (bicyclic) bond motifs is 5. The standard InChI is InChI=1S/C27H33NO4S/c1-16-12-21-20-5-4-17-13-18(29)6-9-25(17,2)24(20)22(30)14-26(21,3)27(16,32)23(31)15-33-19-7-10-28-11-8-19/h6-11,13,16,20-22,24,30,32H,4-5,12,14-15H2,1-3H3/t16-,20?,21?,22?,24?,25?,26?,27+/m1/s1. The van der Waals surface area contributed by atoms with E-state index in [2.05, 4.69) is 11.9 Å². The summed E-state index contributed by atoms with van der Waals surface area (Å²) < 4.78 is 0. The number of Topliss-reactive ketones (excluding diaryl/α,β-unsaturated/α-hetero) is 1. The summed E-state index contributed by atoms with van der Waals surface area (Å²) in [7, 11) is 0. The molecule has 0 radical (unpaired) electrons. The number of nitrogens with zero attached hydrogens (tertiary/aromatic N) is 1. The third kappa shape index (κ3) is 3.24. The number of carbonyl (C=O) groups excluding carboxylic acids is 2. The third-order valence-corrected chi connectivity index (χ3v) is 10.5. The Bertz CT molecular complexity index is 1040. The van der Waals surface area contributed by atoms with Crippen molar-refractivity contribution in [3.63, 3.8) is 0 Å². The van der Waals surface area contributed by atoms with Gasteiger partial charge in [-0.25, -0.2) is 0 Å². The molecule has 176 valence electrons. The lowest BCUT2D eigenvalue weighted by Gasteiger charge is -2.59. The summed E-state index contributed by atoms with van der Waals surface area (Å²) in [6, 6.07) is 3.74. The summed E-state index contributed by atoms with van der Waals surface area (Å²) in [4.78, 5) is 30.6. The lowest BCUT2D eigenvalue weighted by Crippen LogP contribution is -2.62. The van der Waals surface area contributed by atoms with Crippen LogP contribution in [0.1, 0.15) is 46.5 Å². The predicted octanol–water partition coefficient (Wildman–Crippen LogP) is 4.00. The van der Waals surface area contributed by atoms with E-state index in [1.54, 1.807) is 24.5 Å². The van der Waals surface area contributed by atoms with Gasteiger partial charge in [0.05, 0.1) is 11.9 Å². The summed E-state index contributed by atoms with van der Waals surface area (Å²) in [5.41, 5.74) is -1.36. The van der Waals surface area contributed by atoms with Crippen LogP contribution in [0.4, 0.5) is 0 Å². The second-order valence-electron chi connectivity index (χ2n) is 11.0. The summed E-state index contributed by atoms with van der Waals surface area (Å²) in [5.74, 6) is 0.275. The van der Waals surface area contributed by atoms with Crippen LogP contribution in [0.25, 0.3) is 0 Å². The van der Waals surface area contributed by atoms with E-state index in [1.807, 2.05) is 32.1 Å². The minimum Gasteiger partial charge on any atom is -0.393 e. The average Bonchev–Trinajstić information content (AvgIpc) is 2.99. The van der Waals surface area contributed by atoms with Gasteiger partial charge in [0.1, 0.15) is 5.60 Å². The van der Waals surface area contributed by atoms with Crippen molar-refractivity contribution in [1.29, 1.82) is 0 Å². The highest BCUT2D eigenvalue weighted by Crippen LogP contribution is 2.68. The number of hydrogen-bond acceptors (Lipinski definition) is 6. The van der Waals surface area contributed by atoms with Gasteiger partial charge in [-0.3, -0.25) is 14.6 Å². The molecule has 0 saturated heterocycles. The number of pyridine rings is 1. The fourth-order valence-electron chi connectivity index (χ4n) is 7.95. The predicted molar refractivity (Wildman–Crippen MR) is 127 cm³/mol. The van der Waals surface area contributed by atoms with E-state index in [0.717, 1.165) is 29.7 Å². The number of aliphatic hydroxyl groups excluding tert-OH is 1. The molecule has 3 saturated carbocycles. The van der Waals surface area contributed by atoms with Gasteiger partial charge in [-0.2, -0.15) is 0 Å². The van der Waals surface area contributed by atoms with Crippen molar-refractivity contribution >= 4 is 23.3 Å². The topological polar surface area (TPSA) is 87.5 Å². The van der Waals surface area contributed by atoms with Crippen LogP contribution >= 0.6 is 11.8 Å². The molecule has 1 heterocycles. The Labute approximate surface area is 199 Å². The summed E-state index contributed by atoms with van der Waals surface area (Å²) in [6.45, 7) is 6.17. The van der Waals surface area contributed by atoms with Gasteiger partial charge in [0, 0.05) is 34.0 Å². The summed E-state index contributed by atoms with van der Waals surface area (Å²) in [5, 5.41) is 23.6. The number of aliphatic hydroxyl groups is 2. The van der Waals surface area contributed by atoms with Crippen LogP contribution in [-0.4, -0.2) is 44.2 Å². The van der Waals surface area contributed by atoms with Crippen LogP contribution in [0, 0.1) is 34.5 Å². The van der Waals surface area contributed by atoms with Gasteiger partial charge in [0.2, 0.25) is 0 Å². The molecule has 0 spiro atoms. The Balaban J connectivity index is 1.45. The van der Waals surface area contributed by atoms with Crippen LogP contribution in [0.2, 0.25) is 0 Å². The molecule has 3 fully saturated rings. The van der Waals surface area contributed by atoms with Crippen molar-refractivity contribution in [3.05, 3.63) is 48.3 Å². The zero-order chi connectivity index (χ0) is 23.6. The van der Waals surface area contributed by atoms with Gasteiger partial charge in [0.15, 0.2) is 11.6 Å². The van der Waals surface area contributed by atoms with Crippen molar-refractivity contribution in [2.45, 2.75) is 63.1 Å². The Morgan fingerprint density at radius 3 is 2.73 bits per heavy atom. The van der Waals surface area contributed by atoms with E-state index in [-0.39, 0.29) is 46.4 Å². The zero-order valence-electron chi connectivity index (χ0n) is 19.5. The van der Waals surface area contributed by atoms with Crippen molar-refractivity contribution in [3.8, 4) is 0 Å². The van der Waals surface area contributed by atoms with E-state index in [1.165, 1.54) is 11.8 Å². The van der Waals surface area contributed by atoms with E-state index in [4.69, 9.17) is 0 Å². The van der Waals surface area contributed by atoms with E-state index in [0.29, 0.717) is 6.42 Å². The SMILES string of the molecule is C[C@@H]1CC2C3CCC4=CC(=O)C=CC4(C)C3C(O)CC2(C)[C@@]1(O)C(=O)CSc1ccncc1. The lowest BCUT2D eigenvalue weighted by atomic mass is 9.46. The molecular formula is C27H33NO4S. The first-order valence-corrected chi connectivity index (χ1v) is 13.0. The van der Waals surface area contributed by atoms with Gasteiger partial charge in [-0.15, -0.1) is 11.8 Å². The summed E-state index contributed by atoms with van der Waals surface area (Å²) in [6.07, 6.45) is 11.0. The van der Waals surface area contributed by atoms with Gasteiger partial charge < -0.3 is 10.2 Å². The smallest absolute Gasteiger partial charge is 0.178 e. The van der Waals surface area contributed by atoms with Crippen molar-refractivity contribution in [2.75, 3.05) is 5.75 Å². The first-order chi connectivity index (χ1) is 15.6. The maximum absolute atomic E-state index is 13.6. The Hall–Kier alpha value is -1.76. The second-order valence-corrected chi connectivity index (χ2v) is 12.1. The molecular weight excluding hydrogens is 434 g/mol. The van der Waals surface area contributed by atoms with E-state index >= 15 is 0 Å². The van der Waals surface area contributed by atoms with Gasteiger partial charge in [0.25, 0.3) is 0 Å². The van der Waals surface area contributed by atoms with Crippen molar-refractivity contribution < 1.29 is 19.8 Å².